The van der Waals surface area contributed by atoms with E-state index in [9.17, 15) is 10.1 Å². The van der Waals surface area contributed by atoms with Crippen LogP contribution in [0.3, 0.4) is 0 Å². The molecule has 112 valence electrons. The number of hydrogen-bond acceptors (Lipinski definition) is 5. The molecule has 0 spiro atoms. The summed E-state index contributed by atoms with van der Waals surface area (Å²) in [6, 6.07) is 6.80. The predicted octanol–water partition coefficient (Wildman–Crippen LogP) is 2.75. The van der Waals surface area contributed by atoms with Crippen LogP contribution in [0, 0.1) is 21.4 Å². The van der Waals surface area contributed by atoms with E-state index in [4.69, 9.17) is 5.26 Å². The van der Waals surface area contributed by atoms with Crippen LogP contribution in [-0.2, 0) is 0 Å². The fraction of sp³-hybridized carbons (Fsp3) is 0.533. The second kappa shape index (κ2) is 7.04. The fourth-order valence-electron chi connectivity index (χ4n) is 2.77. The number of rotatable bonds is 6. The molecule has 0 saturated carbocycles. The van der Waals surface area contributed by atoms with E-state index in [2.05, 4.69) is 17.1 Å². The standard InChI is InChI=1S/C15H20N4O2/c1-2-13(18-7-3-4-8-18)11-17-14-9-12(10-16)5-6-15(14)19(20)21/h5-6,9,13,17H,2-4,7-8,11H2,1H3. The number of nitriles is 1. The van der Waals surface area contributed by atoms with Crippen molar-refractivity contribution in [2.24, 2.45) is 0 Å². The summed E-state index contributed by atoms with van der Waals surface area (Å²) in [5, 5.41) is 23.2. The SMILES string of the molecule is CCC(CNc1cc(C#N)ccc1[N+](=O)[O-])N1CCCC1. The first kappa shape index (κ1) is 15.3. The number of anilines is 1. The largest absolute Gasteiger partial charge is 0.378 e. The topological polar surface area (TPSA) is 82.2 Å². The van der Waals surface area contributed by atoms with Crippen molar-refractivity contribution < 1.29 is 4.92 Å². The first-order valence-electron chi connectivity index (χ1n) is 7.32. The van der Waals surface area contributed by atoms with Gasteiger partial charge in [0.1, 0.15) is 5.69 Å². The van der Waals surface area contributed by atoms with Crippen molar-refractivity contribution in [1.29, 1.82) is 5.26 Å². The Labute approximate surface area is 124 Å². The second-order valence-corrected chi connectivity index (χ2v) is 5.29. The van der Waals surface area contributed by atoms with Gasteiger partial charge in [-0.15, -0.1) is 0 Å². The summed E-state index contributed by atoms with van der Waals surface area (Å²) in [6.07, 6.45) is 3.44. The summed E-state index contributed by atoms with van der Waals surface area (Å²) in [4.78, 5) is 13.1. The summed E-state index contributed by atoms with van der Waals surface area (Å²) >= 11 is 0. The van der Waals surface area contributed by atoms with E-state index < -0.39 is 4.92 Å². The molecule has 1 unspecified atom stereocenters. The maximum atomic E-state index is 11.1. The normalized spacial score (nSPS) is 16.4. The number of benzene rings is 1. The molecule has 0 amide bonds. The van der Waals surface area contributed by atoms with E-state index in [1.807, 2.05) is 6.07 Å². The van der Waals surface area contributed by atoms with Crippen LogP contribution in [0.5, 0.6) is 0 Å². The van der Waals surface area contributed by atoms with E-state index in [0.717, 1.165) is 19.5 Å². The molecule has 6 heteroatoms. The van der Waals surface area contributed by atoms with Crippen molar-refractivity contribution in [3.05, 3.63) is 33.9 Å². The van der Waals surface area contributed by atoms with Crippen LogP contribution in [0.15, 0.2) is 18.2 Å². The average molecular weight is 288 g/mol. The molecule has 0 aliphatic carbocycles. The Kier molecular flexibility index (Phi) is 5.12. The van der Waals surface area contributed by atoms with Gasteiger partial charge in [-0.05, 0) is 44.5 Å². The molecule has 0 radical (unpaired) electrons. The minimum atomic E-state index is -0.416. The molecular formula is C15H20N4O2. The average Bonchev–Trinajstić information content (AvgIpc) is 3.01. The third kappa shape index (κ3) is 3.70. The number of nitrogens with zero attached hydrogens (tertiary/aromatic N) is 3. The van der Waals surface area contributed by atoms with Crippen molar-refractivity contribution in [1.82, 2.24) is 4.90 Å². The molecule has 1 atom stereocenters. The number of hydrogen-bond donors (Lipinski definition) is 1. The Bertz CT molecular complexity index is 547. The number of nitrogens with one attached hydrogen (secondary N) is 1. The Hall–Kier alpha value is -2.13. The van der Waals surface area contributed by atoms with Gasteiger partial charge in [0.25, 0.3) is 5.69 Å². The zero-order chi connectivity index (χ0) is 15.2. The van der Waals surface area contributed by atoms with Crippen molar-refractivity contribution in [3.63, 3.8) is 0 Å². The van der Waals surface area contributed by atoms with Crippen LogP contribution in [-0.4, -0.2) is 35.5 Å². The summed E-state index contributed by atoms with van der Waals surface area (Å²) in [7, 11) is 0. The van der Waals surface area contributed by atoms with E-state index >= 15 is 0 Å². The highest BCUT2D eigenvalue weighted by Crippen LogP contribution is 2.26. The molecular weight excluding hydrogens is 268 g/mol. The zero-order valence-corrected chi connectivity index (χ0v) is 12.2. The number of nitro benzene ring substituents is 1. The third-order valence-corrected chi connectivity index (χ3v) is 3.98. The lowest BCUT2D eigenvalue weighted by atomic mass is 10.1. The van der Waals surface area contributed by atoms with Gasteiger partial charge < -0.3 is 5.32 Å². The Morgan fingerprint density at radius 3 is 2.76 bits per heavy atom. The highest BCUT2D eigenvalue weighted by atomic mass is 16.6. The minimum Gasteiger partial charge on any atom is -0.378 e. The van der Waals surface area contributed by atoms with E-state index in [0.29, 0.717) is 23.8 Å². The molecule has 1 aromatic carbocycles. The number of likely N-dealkylation sites (tertiary alicyclic amines) is 1. The van der Waals surface area contributed by atoms with Crippen molar-refractivity contribution >= 4 is 11.4 Å². The zero-order valence-electron chi connectivity index (χ0n) is 12.2. The van der Waals surface area contributed by atoms with Gasteiger partial charge in [-0.3, -0.25) is 15.0 Å². The first-order valence-corrected chi connectivity index (χ1v) is 7.32. The molecule has 1 aliphatic heterocycles. The van der Waals surface area contributed by atoms with Gasteiger partial charge >= 0.3 is 0 Å². The maximum absolute atomic E-state index is 11.1. The monoisotopic (exact) mass is 288 g/mol. The molecule has 21 heavy (non-hydrogen) atoms. The molecule has 6 nitrogen and oxygen atoms in total. The van der Waals surface area contributed by atoms with Crippen LogP contribution >= 0.6 is 0 Å². The van der Waals surface area contributed by atoms with Crippen LogP contribution < -0.4 is 5.32 Å². The first-order chi connectivity index (χ1) is 10.2. The van der Waals surface area contributed by atoms with E-state index in [1.165, 1.54) is 25.0 Å². The summed E-state index contributed by atoms with van der Waals surface area (Å²) in [5.74, 6) is 0. The molecule has 0 aromatic heterocycles. The van der Waals surface area contributed by atoms with Crippen molar-refractivity contribution in [2.75, 3.05) is 25.0 Å². The van der Waals surface area contributed by atoms with Gasteiger partial charge in [0.05, 0.1) is 16.6 Å². The van der Waals surface area contributed by atoms with Gasteiger partial charge in [0.2, 0.25) is 0 Å². The predicted molar refractivity (Wildman–Crippen MR) is 81.2 cm³/mol. The van der Waals surface area contributed by atoms with Crippen LogP contribution in [0.1, 0.15) is 31.7 Å². The smallest absolute Gasteiger partial charge is 0.292 e. The Balaban J connectivity index is 2.10. The van der Waals surface area contributed by atoms with Gasteiger partial charge in [-0.25, -0.2) is 0 Å². The molecule has 0 bridgehead atoms. The van der Waals surface area contributed by atoms with Gasteiger partial charge in [-0.1, -0.05) is 6.92 Å². The third-order valence-electron chi connectivity index (χ3n) is 3.98. The minimum absolute atomic E-state index is 0.0188. The summed E-state index contributed by atoms with van der Waals surface area (Å²) in [5.41, 5.74) is 0.874. The van der Waals surface area contributed by atoms with Crippen LogP contribution in [0.4, 0.5) is 11.4 Å². The highest BCUT2D eigenvalue weighted by Gasteiger charge is 2.21. The molecule has 1 saturated heterocycles. The summed E-state index contributed by atoms with van der Waals surface area (Å²) in [6.45, 7) is 4.98. The molecule has 1 aromatic rings. The molecule has 1 fully saturated rings. The van der Waals surface area contributed by atoms with Gasteiger partial charge in [-0.2, -0.15) is 5.26 Å². The lowest BCUT2D eigenvalue weighted by Crippen LogP contribution is -2.37. The highest BCUT2D eigenvalue weighted by molar-refractivity contribution is 5.64. The van der Waals surface area contributed by atoms with Crippen molar-refractivity contribution in [3.8, 4) is 6.07 Å². The Morgan fingerprint density at radius 2 is 2.19 bits per heavy atom. The van der Waals surface area contributed by atoms with Crippen molar-refractivity contribution in [2.45, 2.75) is 32.2 Å². The fourth-order valence-corrected chi connectivity index (χ4v) is 2.77. The van der Waals surface area contributed by atoms with E-state index in [1.54, 1.807) is 6.07 Å². The van der Waals surface area contributed by atoms with Gasteiger partial charge in [0.15, 0.2) is 0 Å². The lowest BCUT2D eigenvalue weighted by molar-refractivity contribution is -0.384. The molecule has 1 heterocycles. The maximum Gasteiger partial charge on any atom is 0.292 e. The van der Waals surface area contributed by atoms with Crippen LogP contribution in [0.2, 0.25) is 0 Å². The molecule has 2 rings (SSSR count). The lowest BCUT2D eigenvalue weighted by Gasteiger charge is -2.26. The second-order valence-electron chi connectivity index (χ2n) is 5.29. The summed E-state index contributed by atoms with van der Waals surface area (Å²) < 4.78 is 0. The van der Waals surface area contributed by atoms with Crippen LogP contribution in [0.25, 0.3) is 0 Å². The number of nitro groups is 1. The Morgan fingerprint density at radius 1 is 1.48 bits per heavy atom. The molecule has 1 aliphatic rings. The van der Waals surface area contributed by atoms with E-state index in [-0.39, 0.29) is 5.69 Å². The quantitative estimate of drug-likeness (QED) is 0.643. The molecule has 1 N–H and O–H groups in total. The van der Waals surface area contributed by atoms with Gasteiger partial charge in [0, 0.05) is 18.7 Å².